The number of benzene rings is 1. The number of hydrogen-bond donors (Lipinski definition) is 2. The minimum absolute atomic E-state index is 0.0271. The maximum absolute atomic E-state index is 13.9. The molecule has 0 saturated carbocycles. The summed E-state index contributed by atoms with van der Waals surface area (Å²) in [6.07, 6.45) is -3.17. The van der Waals surface area contributed by atoms with Gasteiger partial charge >= 0.3 is 6.18 Å². The summed E-state index contributed by atoms with van der Waals surface area (Å²) in [6.45, 7) is 0.429. The van der Waals surface area contributed by atoms with Crippen LogP contribution < -0.4 is 10.6 Å². The number of carbonyl (C=O) groups excluding carboxylic acids is 1. The van der Waals surface area contributed by atoms with Gasteiger partial charge in [-0.25, -0.2) is 4.39 Å². The van der Waals surface area contributed by atoms with E-state index >= 15 is 0 Å². The largest absolute Gasteiger partial charge is 0.662 e. The van der Waals surface area contributed by atoms with Crippen molar-refractivity contribution in [3.63, 3.8) is 0 Å². The zero-order chi connectivity index (χ0) is 20.4. The first kappa shape index (κ1) is 20.0. The summed E-state index contributed by atoms with van der Waals surface area (Å²) >= 11 is 0. The number of aromatic nitrogens is 1. The number of nitrogens with one attached hydrogen (secondary N) is 3. The molecule has 1 aliphatic heterocycles. The summed E-state index contributed by atoms with van der Waals surface area (Å²) in [4.78, 5) is 16.1. The predicted octanol–water partition coefficient (Wildman–Crippen LogP) is 3.81. The number of hydrogen-bond acceptors (Lipinski definition) is 4. The lowest BCUT2D eigenvalue weighted by Gasteiger charge is -2.30. The van der Waals surface area contributed by atoms with Crippen molar-refractivity contribution in [1.82, 2.24) is 10.3 Å². The molecule has 10 heteroatoms. The lowest BCUT2D eigenvalue weighted by Crippen LogP contribution is -2.44. The van der Waals surface area contributed by atoms with Crippen molar-refractivity contribution in [1.29, 1.82) is 0 Å². The Kier molecular flexibility index (Phi) is 5.52. The summed E-state index contributed by atoms with van der Waals surface area (Å²) < 4.78 is 58.1. The number of rotatable bonds is 5. The highest BCUT2D eigenvalue weighted by atomic mass is 19.4. The van der Waals surface area contributed by atoms with Crippen LogP contribution in [0.4, 0.5) is 28.9 Å². The summed E-state index contributed by atoms with van der Waals surface area (Å²) in [5.74, 6) is -1.51. The van der Waals surface area contributed by atoms with Crippen molar-refractivity contribution in [3.8, 4) is 0 Å². The van der Waals surface area contributed by atoms with Crippen LogP contribution in [0.25, 0.3) is 5.73 Å². The zero-order valence-electron chi connectivity index (χ0n) is 14.6. The standard InChI is InChI=1S/C18H17F4N4O2/c19-14-3-1-2-13(18(20,21)22)15(14)26-12-5-4-11(24-9-12)8-25-16(27)17(23)6-7-28-10-17/h1-5,9,23,26H,6-8,10H2,(H,25,27)/q-1. The van der Waals surface area contributed by atoms with Crippen molar-refractivity contribution >= 4 is 17.3 Å². The van der Waals surface area contributed by atoms with Gasteiger partial charge in [0, 0.05) is 13.2 Å². The van der Waals surface area contributed by atoms with Crippen LogP contribution in [-0.2, 0) is 22.3 Å². The Balaban J connectivity index is 1.66. The lowest BCUT2D eigenvalue weighted by atomic mass is 9.99. The van der Waals surface area contributed by atoms with E-state index in [1.54, 1.807) is 0 Å². The predicted molar refractivity (Wildman–Crippen MR) is 93.3 cm³/mol. The van der Waals surface area contributed by atoms with Crippen molar-refractivity contribution in [2.45, 2.75) is 24.7 Å². The Labute approximate surface area is 158 Å². The molecule has 3 N–H and O–H groups in total. The van der Waals surface area contributed by atoms with Crippen LogP contribution in [0.5, 0.6) is 0 Å². The van der Waals surface area contributed by atoms with E-state index in [2.05, 4.69) is 15.6 Å². The second kappa shape index (κ2) is 7.72. The second-order valence-electron chi connectivity index (χ2n) is 6.39. The average molecular weight is 397 g/mol. The molecule has 2 heterocycles. The van der Waals surface area contributed by atoms with Gasteiger partial charge in [0.25, 0.3) is 0 Å². The van der Waals surface area contributed by atoms with E-state index in [1.165, 1.54) is 18.3 Å². The van der Waals surface area contributed by atoms with Gasteiger partial charge in [-0.1, -0.05) is 6.07 Å². The second-order valence-corrected chi connectivity index (χ2v) is 6.39. The molecule has 0 radical (unpaired) electrons. The van der Waals surface area contributed by atoms with Gasteiger partial charge in [0.1, 0.15) is 5.82 Å². The molecule has 0 spiro atoms. The molecular weight excluding hydrogens is 380 g/mol. The number of nitrogens with zero attached hydrogens (tertiary/aromatic N) is 1. The van der Waals surface area contributed by atoms with Crippen LogP contribution >= 0.6 is 0 Å². The summed E-state index contributed by atoms with van der Waals surface area (Å²) in [5.41, 5.74) is 5.48. The minimum Gasteiger partial charge on any atom is -0.662 e. The Hall–Kier alpha value is -2.72. The fraction of sp³-hybridized carbons (Fsp3) is 0.333. The van der Waals surface area contributed by atoms with E-state index in [1.807, 2.05) is 0 Å². The molecule has 1 atom stereocenters. The first-order valence-corrected chi connectivity index (χ1v) is 8.38. The van der Waals surface area contributed by atoms with Gasteiger partial charge in [-0.3, -0.25) is 9.78 Å². The van der Waals surface area contributed by atoms with Crippen LogP contribution in [0, 0.1) is 5.82 Å². The molecule has 0 aliphatic carbocycles. The normalized spacial score (nSPS) is 19.5. The molecule has 150 valence electrons. The molecule has 2 aromatic rings. The summed E-state index contributed by atoms with van der Waals surface area (Å²) in [5, 5.41) is 4.99. The Morgan fingerprint density at radius 3 is 2.68 bits per heavy atom. The fourth-order valence-electron chi connectivity index (χ4n) is 2.72. The highest BCUT2D eigenvalue weighted by molar-refractivity contribution is 5.88. The maximum Gasteiger partial charge on any atom is 0.418 e. The van der Waals surface area contributed by atoms with E-state index in [0.717, 1.165) is 18.2 Å². The molecular formula is C18H17F4N4O2-. The third-order valence-corrected chi connectivity index (χ3v) is 4.30. The zero-order valence-corrected chi connectivity index (χ0v) is 14.6. The third-order valence-electron chi connectivity index (χ3n) is 4.30. The molecule has 3 rings (SSSR count). The molecule has 1 amide bonds. The van der Waals surface area contributed by atoms with Crippen LogP contribution in [0.3, 0.4) is 0 Å². The maximum atomic E-state index is 13.9. The molecule has 1 aliphatic rings. The average Bonchev–Trinajstić information content (AvgIpc) is 3.09. The fourth-order valence-corrected chi connectivity index (χ4v) is 2.72. The third kappa shape index (κ3) is 4.39. The summed E-state index contributed by atoms with van der Waals surface area (Å²) in [7, 11) is 0. The van der Waals surface area contributed by atoms with Gasteiger partial charge in [0.15, 0.2) is 0 Å². The minimum atomic E-state index is -4.71. The first-order valence-electron chi connectivity index (χ1n) is 8.38. The first-order chi connectivity index (χ1) is 13.2. The van der Waals surface area contributed by atoms with Gasteiger partial charge in [0.05, 0.1) is 35.4 Å². The van der Waals surface area contributed by atoms with Crippen LogP contribution in [0.1, 0.15) is 17.7 Å². The molecule has 1 fully saturated rings. The quantitative estimate of drug-likeness (QED) is 0.751. The summed E-state index contributed by atoms with van der Waals surface area (Å²) in [6, 6.07) is 5.61. The Morgan fingerprint density at radius 1 is 1.29 bits per heavy atom. The van der Waals surface area contributed by atoms with Crippen molar-refractivity contribution in [3.05, 3.63) is 59.3 Å². The van der Waals surface area contributed by atoms with Crippen molar-refractivity contribution < 1.29 is 27.1 Å². The van der Waals surface area contributed by atoms with Crippen molar-refractivity contribution in [2.75, 3.05) is 18.5 Å². The molecule has 1 aromatic carbocycles. The number of carbonyl (C=O) groups is 1. The van der Waals surface area contributed by atoms with E-state index in [9.17, 15) is 22.4 Å². The lowest BCUT2D eigenvalue weighted by molar-refractivity contribution is -0.137. The number of pyridine rings is 1. The van der Waals surface area contributed by atoms with Crippen LogP contribution in [-0.4, -0.2) is 29.6 Å². The Morgan fingerprint density at radius 2 is 2.07 bits per heavy atom. The monoisotopic (exact) mass is 397 g/mol. The molecule has 0 bridgehead atoms. The van der Waals surface area contributed by atoms with Gasteiger partial charge in [-0.05, 0) is 36.2 Å². The Bertz CT molecular complexity index is 850. The van der Waals surface area contributed by atoms with Gasteiger partial charge < -0.3 is 21.1 Å². The molecule has 6 nitrogen and oxygen atoms in total. The van der Waals surface area contributed by atoms with Gasteiger partial charge in [-0.2, -0.15) is 13.2 Å². The van der Waals surface area contributed by atoms with E-state index < -0.39 is 34.7 Å². The van der Waals surface area contributed by atoms with Gasteiger partial charge in [0.2, 0.25) is 5.91 Å². The van der Waals surface area contributed by atoms with E-state index in [0.29, 0.717) is 18.7 Å². The number of para-hydroxylation sites is 1. The van der Waals surface area contributed by atoms with Gasteiger partial charge in [-0.15, -0.1) is 0 Å². The smallest absolute Gasteiger partial charge is 0.418 e. The number of ether oxygens (including phenoxy) is 1. The van der Waals surface area contributed by atoms with Crippen LogP contribution in [0.2, 0.25) is 0 Å². The van der Waals surface area contributed by atoms with Crippen LogP contribution in [0.15, 0.2) is 36.5 Å². The van der Waals surface area contributed by atoms with Crippen molar-refractivity contribution in [2.24, 2.45) is 0 Å². The number of halogens is 4. The number of amides is 1. The number of anilines is 2. The molecule has 1 unspecified atom stereocenters. The SMILES string of the molecule is [NH-]C1(C(=O)NCc2ccc(Nc3c(F)cccc3C(F)(F)F)cn2)CCOC1. The molecule has 28 heavy (non-hydrogen) atoms. The number of alkyl halides is 3. The molecule has 1 aromatic heterocycles. The highest BCUT2D eigenvalue weighted by Gasteiger charge is 2.35. The highest BCUT2D eigenvalue weighted by Crippen LogP contribution is 2.37. The topological polar surface area (TPSA) is 87.1 Å². The van der Waals surface area contributed by atoms with E-state index in [-0.39, 0.29) is 18.8 Å². The molecule has 1 saturated heterocycles. The van der Waals surface area contributed by atoms with E-state index in [4.69, 9.17) is 10.5 Å².